The molecule has 0 radical (unpaired) electrons. The minimum absolute atomic E-state index is 0.00716. The lowest BCUT2D eigenvalue weighted by molar-refractivity contribution is -0.148. The molecule has 0 atom stereocenters. The molecule has 1 aromatic rings. The zero-order chi connectivity index (χ0) is 13.8. The predicted molar refractivity (Wildman–Crippen MR) is 59.0 cm³/mol. The largest absolute Gasteiger partial charge is 0.497 e. The van der Waals surface area contributed by atoms with Crippen molar-refractivity contribution in [2.24, 2.45) is 0 Å². The summed E-state index contributed by atoms with van der Waals surface area (Å²) in [5, 5.41) is 0. The third-order valence-corrected chi connectivity index (χ3v) is 2.44. The first-order chi connectivity index (χ1) is 8.40. The molecular formula is C11H11ClF4O2. The van der Waals surface area contributed by atoms with Gasteiger partial charge in [0.25, 0.3) is 0 Å². The van der Waals surface area contributed by atoms with Crippen molar-refractivity contribution in [3.63, 3.8) is 0 Å². The lowest BCUT2D eigenvalue weighted by atomic mass is 10.2. The molecule has 0 fully saturated rings. The van der Waals surface area contributed by atoms with Gasteiger partial charge < -0.3 is 9.47 Å². The average molecular weight is 287 g/mol. The molecule has 2 nitrogen and oxygen atoms in total. The van der Waals surface area contributed by atoms with Crippen LogP contribution in [0.25, 0.3) is 0 Å². The second-order valence-electron chi connectivity index (χ2n) is 3.46. The van der Waals surface area contributed by atoms with E-state index in [1.807, 2.05) is 0 Å². The van der Waals surface area contributed by atoms with Gasteiger partial charge in [-0.15, -0.1) is 11.6 Å². The van der Waals surface area contributed by atoms with Gasteiger partial charge in [0.05, 0.1) is 13.0 Å². The van der Waals surface area contributed by atoms with Crippen molar-refractivity contribution in [3.8, 4) is 11.5 Å². The molecule has 0 unspecified atom stereocenters. The normalized spacial score (nSPS) is 11.7. The van der Waals surface area contributed by atoms with Crippen LogP contribution < -0.4 is 9.47 Å². The molecular weight excluding hydrogens is 276 g/mol. The topological polar surface area (TPSA) is 18.5 Å². The van der Waals surface area contributed by atoms with Crippen molar-refractivity contribution in [1.29, 1.82) is 0 Å². The molecule has 0 aliphatic rings. The number of alkyl halides is 5. The average Bonchev–Trinajstić information content (AvgIpc) is 2.35. The highest BCUT2D eigenvalue weighted by molar-refractivity contribution is 6.17. The Morgan fingerprint density at radius 2 is 2.00 bits per heavy atom. The summed E-state index contributed by atoms with van der Waals surface area (Å²) in [5.41, 5.74) is 0.390. The van der Waals surface area contributed by atoms with Crippen LogP contribution in [0.2, 0.25) is 0 Å². The molecule has 0 aliphatic carbocycles. The Morgan fingerprint density at radius 3 is 2.50 bits per heavy atom. The SMILES string of the molecule is COc1ccc(OCC(F)(F)C(F)F)c(CCl)c1. The summed E-state index contributed by atoms with van der Waals surface area (Å²) in [5.74, 6) is -3.69. The van der Waals surface area contributed by atoms with Crippen molar-refractivity contribution in [2.75, 3.05) is 13.7 Å². The minimum atomic E-state index is -4.19. The van der Waals surface area contributed by atoms with Gasteiger partial charge in [0.15, 0.2) is 6.61 Å². The van der Waals surface area contributed by atoms with Crippen LogP contribution in [-0.2, 0) is 5.88 Å². The van der Waals surface area contributed by atoms with Crippen LogP contribution in [0, 0.1) is 0 Å². The van der Waals surface area contributed by atoms with Crippen LogP contribution in [0.1, 0.15) is 5.56 Å². The summed E-state index contributed by atoms with van der Waals surface area (Å²) in [4.78, 5) is 0. The van der Waals surface area contributed by atoms with E-state index in [9.17, 15) is 17.6 Å². The number of methoxy groups -OCH3 is 1. The lowest BCUT2D eigenvalue weighted by Gasteiger charge is -2.17. The van der Waals surface area contributed by atoms with Crippen LogP contribution in [0.3, 0.4) is 0 Å². The maximum Gasteiger partial charge on any atom is 0.340 e. The molecule has 0 saturated carbocycles. The zero-order valence-corrected chi connectivity index (χ0v) is 10.2. The van der Waals surface area contributed by atoms with Crippen molar-refractivity contribution in [2.45, 2.75) is 18.2 Å². The summed E-state index contributed by atoms with van der Waals surface area (Å²) in [6, 6.07) is 4.30. The van der Waals surface area contributed by atoms with Crippen molar-refractivity contribution in [1.82, 2.24) is 0 Å². The fourth-order valence-electron chi connectivity index (χ4n) is 1.16. The molecule has 1 aromatic carbocycles. The van der Waals surface area contributed by atoms with Crippen molar-refractivity contribution < 1.29 is 27.0 Å². The second kappa shape index (κ2) is 6.13. The first-order valence-corrected chi connectivity index (χ1v) is 5.46. The maximum atomic E-state index is 12.7. The van der Waals surface area contributed by atoms with E-state index < -0.39 is 19.0 Å². The van der Waals surface area contributed by atoms with Crippen LogP contribution in [0.5, 0.6) is 11.5 Å². The first kappa shape index (κ1) is 14.9. The Hall–Kier alpha value is -1.17. The number of benzene rings is 1. The number of halogens is 5. The minimum Gasteiger partial charge on any atom is -0.497 e. The van der Waals surface area contributed by atoms with Crippen molar-refractivity contribution in [3.05, 3.63) is 23.8 Å². The number of hydrogen-bond acceptors (Lipinski definition) is 2. The van der Waals surface area contributed by atoms with Crippen LogP contribution in [0.4, 0.5) is 17.6 Å². The fourth-order valence-corrected chi connectivity index (χ4v) is 1.37. The number of hydrogen-bond donors (Lipinski definition) is 0. The molecule has 0 aliphatic heterocycles. The Bertz CT molecular complexity index is 399. The molecule has 0 saturated heterocycles. The summed E-state index contributed by atoms with van der Waals surface area (Å²) in [6.07, 6.45) is -3.77. The van der Waals surface area contributed by atoms with Gasteiger partial charge in [-0.3, -0.25) is 0 Å². The third-order valence-electron chi connectivity index (χ3n) is 2.15. The van der Waals surface area contributed by atoms with Gasteiger partial charge in [0.1, 0.15) is 11.5 Å². The summed E-state index contributed by atoms with van der Waals surface area (Å²) in [7, 11) is 1.43. The Balaban J connectivity index is 2.79. The molecule has 0 bridgehead atoms. The van der Waals surface area contributed by atoms with E-state index in [0.29, 0.717) is 11.3 Å². The smallest absolute Gasteiger partial charge is 0.340 e. The quantitative estimate of drug-likeness (QED) is 0.586. The van der Waals surface area contributed by atoms with Crippen LogP contribution >= 0.6 is 11.6 Å². The summed E-state index contributed by atoms with van der Waals surface area (Å²) in [6.45, 7) is -1.40. The van der Waals surface area contributed by atoms with Crippen LogP contribution in [-0.4, -0.2) is 26.1 Å². The predicted octanol–water partition coefficient (Wildman–Crippen LogP) is 3.71. The van der Waals surface area contributed by atoms with Gasteiger partial charge >= 0.3 is 12.3 Å². The Kier molecular flexibility index (Phi) is 5.07. The molecule has 0 aromatic heterocycles. The van der Waals surface area contributed by atoms with E-state index in [-0.39, 0.29) is 11.6 Å². The van der Waals surface area contributed by atoms with Crippen LogP contribution in [0.15, 0.2) is 18.2 Å². The zero-order valence-electron chi connectivity index (χ0n) is 9.43. The van der Waals surface area contributed by atoms with E-state index in [0.717, 1.165) is 0 Å². The molecule has 0 heterocycles. The first-order valence-electron chi connectivity index (χ1n) is 4.92. The second-order valence-corrected chi connectivity index (χ2v) is 3.72. The summed E-state index contributed by atoms with van der Waals surface area (Å²) >= 11 is 5.60. The molecule has 1 rings (SSSR count). The fraction of sp³-hybridized carbons (Fsp3) is 0.455. The van der Waals surface area contributed by atoms with E-state index in [2.05, 4.69) is 4.74 Å². The van der Waals surface area contributed by atoms with Crippen molar-refractivity contribution >= 4 is 11.6 Å². The monoisotopic (exact) mass is 286 g/mol. The lowest BCUT2D eigenvalue weighted by Crippen LogP contribution is -2.33. The van der Waals surface area contributed by atoms with Gasteiger partial charge in [-0.25, -0.2) is 8.78 Å². The highest BCUT2D eigenvalue weighted by Gasteiger charge is 2.41. The van der Waals surface area contributed by atoms with E-state index in [4.69, 9.17) is 16.3 Å². The molecule has 18 heavy (non-hydrogen) atoms. The van der Waals surface area contributed by atoms with E-state index in [1.165, 1.54) is 25.3 Å². The number of rotatable bonds is 6. The molecule has 0 spiro atoms. The highest BCUT2D eigenvalue weighted by Crippen LogP contribution is 2.29. The molecule has 102 valence electrons. The van der Waals surface area contributed by atoms with E-state index >= 15 is 0 Å². The maximum absolute atomic E-state index is 12.7. The molecule has 0 amide bonds. The standard InChI is InChI=1S/C11H11ClF4O2/c1-17-8-2-3-9(7(4-8)5-12)18-6-11(15,16)10(13)14/h2-4,10H,5-6H2,1H3. The van der Waals surface area contributed by atoms with Gasteiger partial charge in [-0.2, -0.15) is 8.78 Å². The van der Waals surface area contributed by atoms with Gasteiger partial charge in [-0.1, -0.05) is 0 Å². The van der Waals surface area contributed by atoms with Gasteiger partial charge in [0, 0.05) is 5.56 Å². The van der Waals surface area contributed by atoms with Gasteiger partial charge in [0.2, 0.25) is 0 Å². The third kappa shape index (κ3) is 3.66. The Morgan fingerprint density at radius 1 is 1.33 bits per heavy atom. The molecule has 7 heteroatoms. The van der Waals surface area contributed by atoms with E-state index in [1.54, 1.807) is 0 Å². The highest BCUT2D eigenvalue weighted by atomic mass is 35.5. The number of ether oxygens (including phenoxy) is 2. The molecule has 0 N–H and O–H groups in total. The Labute approximate surface area is 106 Å². The summed E-state index contributed by atoms with van der Waals surface area (Å²) < 4.78 is 58.8. The van der Waals surface area contributed by atoms with Gasteiger partial charge in [-0.05, 0) is 18.2 Å².